The van der Waals surface area contributed by atoms with Crippen molar-refractivity contribution in [1.82, 2.24) is 0 Å². The van der Waals surface area contributed by atoms with E-state index in [-0.39, 0.29) is 6.10 Å². The van der Waals surface area contributed by atoms with Crippen molar-refractivity contribution >= 4 is 5.69 Å². The third-order valence-electron chi connectivity index (χ3n) is 3.54. The van der Waals surface area contributed by atoms with Crippen molar-refractivity contribution < 1.29 is 5.11 Å². The Bertz CT molecular complexity index is 454. The quantitative estimate of drug-likeness (QED) is 0.804. The lowest BCUT2D eigenvalue weighted by Gasteiger charge is -2.32. The maximum Gasteiger partial charge on any atom is 0.101 e. The van der Waals surface area contributed by atoms with E-state index in [0.29, 0.717) is 0 Å². The highest BCUT2D eigenvalue weighted by molar-refractivity contribution is 5.62. The zero-order chi connectivity index (χ0) is 12.4. The van der Waals surface area contributed by atoms with E-state index >= 15 is 0 Å². The van der Waals surface area contributed by atoms with Crippen LogP contribution in [0.4, 0.5) is 5.69 Å². The molecular formula is C14H18N2O. The first-order valence-electron chi connectivity index (χ1n) is 6.06. The Hall–Kier alpha value is -1.53. The molecule has 1 aliphatic rings. The van der Waals surface area contributed by atoms with Gasteiger partial charge in [-0.1, -0.05) is 0 Å². The zero-order valence-electron chi connectivity index (χ0n) is 10.4. The minimum Gasteiger partial charge on any atom is -0.393 e. The highest BCUT2D eigenvalue weighted by atomic mass is 16.3. The lowest BCUT2D eigenvalue weighted by atomic mass is 10.0. The van der Waals surface area contributed by atoms with Crippen molar-refractivity contribution in [3.05, 3.63) is 28.8 Å². The Morgan fingerprint density at radius 1 is 1.24 bits per heavy atom. The van der Waals surface area contributed by atoms with Crippen LogP contribution in [0.15, 0.2) is 12.1 Å². The van der Waals surface area contributed by atoms with Gasteiger partial charge in [0.25, 0.3) is 0 Å². The fourth-order valence-corrected chi connectivity index (χ4v) is 2.26. The third-order valence-corrected chi connectivity index (χ3v) is 3.54. The van der Waals surface area contributed by atoms with E-state index in [1.54, 1.807) is 0 Å². The molecule has 0 spiro atoms. The molecule has 1 aliphatic heterocycles. The smallest absolute Gasteiger partial charge is 0.101 e. The Morgan fingerprint density at radius 3 is 2.41 bits per heavy atom. The summed E-state index contributed by atoms with van der Waals surface area (Å²) in [6.07, 6.45) is 1.40. The zero-order valence-corrected chi connectivity index (χ0v) is 10.4. The molecule has 1 aromatic rings. The summed E-state index contributed by atoms with van der Waals surface area (Å²) in [5, 5.41) is 18.7. The first-order valence-corrected chi connectivity index (χ1v) is 6.06. The number of benzene rings is 1. The molecule has 0 aromatic heterocycles. The SMILES string of the molecule is Cc1cc(C#N)c(N2CCC(O)CC2)cc1C. The fraction of sp³-hybridized carbons (Fsp3) is 0.500. The van der Waals surface area contributed by atoms with E-state index in [9.17, 15) is 10.4 Å². The molecule has 0 radical (unpaired) electrons. The van der Waals surface area contributed by atoms with Crippen LogP contribution in [0.1, 0.15) is 29.5 Å². The van der Waals surface area contributed by atoms with Crippen molar-refractivity contribution in [3.8, 4) is 6.07 Å². The summed E-state index contributed by atoms with van der Waals surface area (Å²) in [5.41, 5.74) is 4.12. The van der Waals surface area contributed by atoms with E-state index in [1.165, 1.54) is 5.56 Å². The Balaban J connectivity index is 2.32. The summed E-state index contributed by atoms with van der Waals surface area (Å²) in [5.74, 6) is 0. The number of rotatable bonds is 1. The number of nitriles is 1. The van der Waals surface area contributed by atoms with Gasteiger partial charge in [-0.25, -0.2) is 0 Å². The largest absolute Gasteiger partial charge is 0.393 e. The van der Waals surface area contributed by atoms with Crippen LogP contribution in [-0.4, -0.2) is 24.3 Å². The minimum atomic E-state index is -0.177. The number of aliphatic hydroxyl groups is 1. The van der Waals surface area contributed by atoms with Gasteiger partial charge in [-0.05, 0) is 49.9 Å². The molecule has 0 atom stereocenters. The van der Waals surface area contributed by atoms with Crippen LogP contribution in [-0.2, 0) is 0 Å². The molecule has 1 aromatic carbocycles. The van der Waals surface area contributed by atoms with E-state index in [0.717, 1.165) is 42.7 Å². The molecule has 0 saturated carbocycles. The number of anilines is 1. The highest BCUT2D eigenvalue weighted by Gasteiger charge is 2.19. The number of aryl methyl sites for hydroxylation is 2. The van der Waals surface area contributed by atoms with Crippen molar-refractivity contribution in [3.63, 3.8) is 0 Å². The molecule has 90 valence electrons. The van der Waals surface area contributed by atoms with Gasteiger partial charge in [0.05, 0.1) is 17.4 Å². The molecule has 0 amide bonds. The summed E-state index contributed by atoms with van der Waals surface area (Å²) in [6.45, 7) is 5.76. The first kappa shape index (κ1) is 11.9. The second-order valence-corrected chi connectivity index (χ2v) is 4.78. The van der Waals surface area contributed by atoms with Gasteiger partial charge >= 0.3 is 0 Å². The van der Waals surface area contributed by atoms with Crippen LogP contribution in [0.25, 0.3) is 0 Å². The molecular weight excluding hydrogens is 212 g/mol. The number of hydrogen-bond acceptors (Lipinski definition) is 3. The van der Waals surface area contributed by atoms with Crippen LogP contribution >= 0.6 is 0 Å². The molecule has 0 bridgehead atoms. The van der Waals surface area contributed by atoms with Crippen molar-refractivity contribution in [2.45, 2.75) is 32.8 Å². The van der Waals surface area contributed by atoms with Gasteiger partial charge in [0, 0.05) is 13.1 Å². The molecule has 0 aliphatic carbocycles. The first-order chi connectivity index (χ1) is 8.11. The third kappa shape index (κ3) is 2.42. The molecule has 1 N–H and O–H groups in total. The Kier molecular flexibility index (Phi) is 3.35. The number of hydrogen-bond donors (Lipinski definition) is 1. The van der Waals surface area contributed by atoms with E-state index in [2.05, 4.69) is 24.0 Å². The molecule has 1 heterocycles. The summed E-state index contributed by atoms with van der Waals surface area (Å²) in [6, 6.07) is 6.31. The van der Waals surface area contributed by atoms with Crippen molar-refractivity contribution in [1.29, 1.82) is 5.26 Å². The van der Waals surface area contributed by atoms with Crippen molar-refractivity contribution in [2.24, 2.45) is 0 Å². The lowest BCUT2D eigenvalue weighted by Crippen LogP contribution is -2.36. The second kappa shape index (κ2) is 4.77. The van der Waals surface area contributed by atoms with E-state index in [4.69, 9.17) is 0 Å². The standard InChI is InChI=1S/C14H18N2O/c1-10-7-12(9-15)14(8-11(10)2)16-5-3-13(17)4-6-16/h7-8,13,17H,3-6H2,1-2H3. The van der Waals surface area contributed by atoms with Gasteiger partial charge in [-0.2, -0.15) is 5.26 Å². The highest BCUT2D eigenvalue weighted by Crippen LogP contribution is 2.26. The maximum absolute atomic E-state index is 9.51. The monoisotopic (exact) mass is 230 g/mol. The molecule has 3 heteroatoms. The lowest BCUT2D eigenvalue weighted by molar-refractivity contribution is 0.145. The summed E-state index contributed by atoms with van der Waals surface area (Å²) in [7, 11) is 0. The molecule has 2 rings (SSSR count). The van der Waals surface area contributed by atoms with Crippen LogP contribution < -0.4 is 4.90 Å². The van der Waals surface area contributed by atoms with Crippen LogP contribution in [0.2, 0.25) is 0 Å². The summed E-state index contributed by atoms with van der Waals surface area (Å²) in [4.78, 5) is 2.21. The number of piperidine rings is 1. The molecule has 1 fully saturated rings. The molecule has 3 nitrogen and oxygen atoms in total. The average Bonchev–Trinajstić information content (AvgIpc) is 2.33. The normalized spacial score (nSPS) is 16.9. The predicted octanol–water partition coefficient (Wildman–Crippen LogP) is 2.14. The summed E-state index contributed by atoms with van der Waals surface area (Å²) >= 11 is 0. The van der Waals surface area contributed by atoms with E-state index in [1.807, 2.05) is 13.0 Å². The molecule has 1 saturated heterocycles. The fourth-order valence-electron chi connectivity index (χ4n) is 2.26. The molecule has 0 unspecified atom stereocenters. The molecule has 17 heavy (non-hydrogen) atoms. The van der Waals surface area contributed by atoms with Crippen LogP contribution in [0, 0.1) is 25.2 Å². The minimum absolute atomic E-state index is 0.177. The van der Waals surface area contributed by atoms with Crippen LogP contribution in [0.5, 0.6) is 0 Å². The van der Waals surface area contributed by atoms with Gasteiger partial charge < -0.3 is 10.0 Å². The van der Waals surface area contributed by atoms with Crippen LogP contribution in [0.3, 0.4) is 0 Å². The predicted molar refractivity (Wildman–Crippen MR) is 68.1 cm³/mol. The summed E-state index contributed by atoms with van der Waals surface area (Å²) < 4.78 is 0. The van der Waals surface area contributed by atoms with E-state index < -0.39 is 0 Å². The average molecular weight is 230 g/mol. The number of aliphatic hydroxyl groups excluding tert-OH is 1. The number of nitrogens with zero attached hydrogens (tertiary/aromatic N) is 2. The van der Waals surface area contributed by atoms with Gasteiger partial charge in [0.15, 0.2) is 0 Å². The van der Waals surface area contributed by atoms with Gasteiger partial charge in [0.2, 0.25) is 0 Å². The Morgan fingerprint density at radius 2 is 1.82 bits per heavy atom. The van der Waals surface area contributed by atoms with Gasteiger partial charge in [0.1, 0.15) is 6.07 Å². The topological polar surface area (TPSA) is 47.3 Å². The Labute approximate surface area is 102 Å². The van der Waals surface area contributed by atoms with Gasteiger partial charge in [-0.3, -0.25) is 0 Å². The second-order valence-electron chi connectivity index (χ2n) is 4.78. The maximum atomic E-state index is 9.51. The van der Waals surface area contributed by atoms with Gasteiger partial charge in [-0.15, -0.1) is 0 Å². The van der Waals surface area contributed by atoms with Crippen molar-refractivity contribution in [2.75, 3.05) is 18.0 Å².